The minimum atomic E-state index is -0.938. The van der Waals surface area contributed by atoms with Crippen molar-refractivity contribution in [2.75, 3.05) is 6.54 Å². The largest absolute Gasteiger partial charge is 0.481 e. The number of nitrogens with two attached hydrogens (primary N) is 1. The summed E-state index contributed by atoms with van der Waals surface area (Å²) >= 11 is 0. The first-order valence-electron chi connectivity index (χ1n) is 5.81. The summed E-state index contributed by atoms with van der Waals surface area (Å²) in [7, 11) is 0. The Labute approximate surface area is 106 Å². The van der Waals surface area contributed by atoms with E-state index in [1.54, 1.807) is 6.92 Å². The summed E-state index contributed by atoms with van der Waals surface area (Å²) in [6.07, 6.45) is -0.0994. The van der Waals surface area contributed by atoms with Crippen molar-refractivity contribution in [1.82, 2.24) is 5.32 Å². The number of carbonyl (C=O) groups excluding carboxylic acids is 1. The van der Waals surface area contributed by atoms with Gasteiger partial charge < -0.3 is 16.2 Å². The molecule has 0 radical (unpaired) electrons. The summed E-state index contributed by atoms with van der Waals surface area (Å²) in [4.78, 5) is 22.5. The van der Waals surface area contributed by atoms with Crippen molar-refractivity contribution < 1.29 is 14.7 Å². The maximum atomic E-state index is 12.0. The van der Waals surface area contributed by atoms with Crippen LogP contribution in [0.1, 0.15) is 24.8 Å². The minimum Gasteiger partial charge on any atom is -0.481 e. The van der Waals surface area contributed by atoms with Crippen LogP contribution >= 0.6 is 0 Å². The third-order valence-corrected chi connectivity index (χ3v) is 2.62. The van der Waals surface area contributed by atoms with Gasteiger partial charge in [0.25, 0.3) is 0 Å². The molecule has 98 valence electrons. The highest BCUT2D eigenvalue weighted by molar-refractivity contribution is 5.84. The van der Waals surface area contributed by atoms with Crippen molar-refractivity contribution in [1.29, 1.82) is 0 Å². The van der Waals surface area contributed by atoms with Crippen molar-refractivity contribution in [3.8, 4) is 0 Å². The molecule has 18 heavy (non-hydrogen) atoms. The molecule has 0 saturated carbocycles. The number of carboxylic acids is 1. The van der Waals surface area contributed by atoms with Crippen LogP contribution in [0.3, 0.4) is 0 Å². The molecule has 0 bridgehead atoms. The average molecular weight is 250 g/mol. The molecule has 0 aliphatic heterocycles. The molecule has 0 spiro atoms. The molecule has 0 fully saturated rings. The smallest absolute Gasteiger partial charge is 0.305 e. The maximum Gasteiger partial charge on any atom is 0.305 e. The number of benzene rings is 1. The molecule has 5 heteroatoms. The van der Waals surface area contributed by atoms with Gasteiger partial charge in [-0.3, -0.25) is 9.59 Å². The first-order valence-corrected chi connectivity index (χ1v) is 5.81. The summed E-state index contributed by atoms with van der Waals surface area (Å²) in [5.41, 5.74) is 6.44. The quantitative estimate of drug-likeness (QED) is 0.693. The fourth-order valence-electron chi connectivity index (χ4n) is 1.74. The monoisotopic (exact) mass is 250 g/mol. The van der Waals surface area contributed by atoms with Crippen LogP contribution in [0.15, 0.2) is 30.3 Å². The number of carbonyl (C=O) groups is 2. The van der Waals surface area contributed by atoms with Crippen molar-refractivity contribution >= 4 is 11.9 Å². The van der Waals surface area contributed by atoms with E-state index in [1.807, 2.05) is 30.3 Å². The van der Waals surface area contributed by atoms with Crippen LogP contribution in [0.2, 0.25) is 0 Å². The summed E-state index contributed by atoms with van der Waals surface area (Å²) in [5, 5.41) is 11.3. The molecule has 1 aromatic rings. The highest BCUT2D eigenvalue weighted by Crippen LogP contribution is 2.14. The number of carboxylic acid groups (broad SMARTS) is 1. The molecule has 0 heterocycles. The van der Waals surface area contributed by atoms with Crippen LogP contribution in [0, 0.1) is 0 Å². The zero-order valence-electron chi connectivity index (χ0n) is 10.3. The number of hydrogen-bond donors (Lipinski definition) is 3. The zero-order chi connectivity index (χ0) is 13.5. The fourth-order valence-corrected chi connectivity index (χ4v) is 1.74. The molecule has 5 nitrogen and oxygen atoms in total. The SMILES string of the molecule is CC(CC(=O)O)NC(=O)C(CN)c1ccccc1. The lowest BCUT2D eigenvalue weighted by Gasteiger charge is -2.18. The van der Waals surface area contributed by atoms with E-state index in [9.17, 15) is 9.59 Å². The third-order valence-electron chi connectivity index (χ3n) is 2.62. The third kappa shape index (κ3) is 4.18. The van der Waals surface area contributed by atoms with Gasteiger partial charge in [-0.05, 0) is 12.5 Å². The standard InChI is InChI=1S/C13H18N2O3/c1-9(7-12(16)17)15-13(18)11(8-14)10-5-3-2-4-6-10/h2-6,9,11H,7-8,14H2,1H3,(H,15,18)(H,16,17). The Morgan fingerprint density at radius 3 is 2.44 bits per heavy atom. The van der Waals surface area contributed by atoms with E-state index in [0.29, 0.717) is 0 Å². The lowest BCUT2D eigenvalue weighted by atomic mass is 9.98. The predicted octanol–water partition coefficient (Wildman–Crippen LogP) is 0.708. The van der Waals surface area contributed by atoms with Gasteiger partial charge in [0.15, 0.2) is 0 Å². The molecule has 0 aromatic heterocycles. The van der Waals surface area contributed by atoms with Gasteiger partial charge in [-0.2, -0.15) is 0 Å². The molecule has 1 aromatic carbocycles. The lowest BCUT2D eigenvalue weighted by Crippen LogP contribution is -2.39. The maximum absolute atomic E-state index is 12.0. The second kappa shape index (κ2) is 6.76. The van der Waals surface area contributed by atoms with Crippen LogP contribution in [0.5, 0.6) is 0 Å². The molecule has 2 atom stereocenters. The molecular weight excluding hydrogens is 232 g/mol. The van der Waals surface area contributed by atoms with E-state index in [2.05, 4.69) is 5.32 Å². The van der Waals surface area contributed by atoms with Crippen LogP contribution in [-0.4, -0.2) is 29.6 Å². The normalized spacial score (nSPS) is 13.7. The number of amides is 1. The van der Waals surface area contributed by atoms with Gasteiger partial charge in [-0.15, -0.1) is 0 Å². The first kappa shape index (κ1) is 14.2. The van der Waals surface area contributed by atoms with Crippen LogP contribution in [0.4, 0.5) is 0 Å². The zero-order valence-corrected chi connectivity index (χ0v) is 10.3. The van der Waals surface area contributed by atoms with Gasteiger partial charge in [0.1, 0.15) is 0 Å². The van der Waals surface area contributed by atoms with Crippen LogP contribution in [0.25, 0.3) is 0 Å². The Bertz CT molecular complexity index is 406. The van der Waals surface area contributed by atoms with E-state index >= 15 is 0 Å². The topological polar surface area (TPSA) is 92.4 Å². The molecule has 0 aliphatic carbocycles. The summed E-state index contributed by atoms with van der Waals surface area (Å²) in [6, 6.07) is 8.80. The van der Waals surface area contributed by atoms with E-state index in [1.165, 1.54) is 0 Å². The van der Waals surface area contributed by atoms with E-state index in [-0.39, 0.29) is 18.9 Å². The summed E-state index contributed by atoms with van der Waals surface area (Å²) < 4.78 is 0. The number of aliphatic carboxylic acids is 1. The van der Waals surface area contributed by atoms with Gasteiger partial charge in [-0.25, -0.2) is 0 Å². The van der Waals surface area contributed by atoms with E-state index in [0.717, 1.165) is 5.56 Å². The molecular formula is C13H18N2O3. The molecule has 0 saturated heterocycles. The molecule has 4 N–H and O–H groups in total. The highest BCUT2D eigenvalue weighted by atomic mass is 16.4. The average Bonchev–Trinajstić information content (AvgIpc) is 2.29. The number of hydrogen-bond acceptors (Lipinski definition) is 3. The Hall–Kier alpha value is -1.88. The lowest BCUT2D eigenvalue weighted by molar-refractivity contribution is -0.137. The molecule has 1 rings (SSSR count). The van der Waals surface area contributed by atoms with Gasteiger partial charge in [0.05, 0.1) is 12.3 Å². The van der Waals surface area contributed by atoms with Crippen LogP contribution < -0.4 is 11.1 Å². The van der Waals surface area contributed by atoms with Crippen molar-refractivity contribution in [2.45, 2.75) is 25.3 Å². The Kier molecular flexibility index (Phi) is 5.32. The molecule has 0 aliphatic rings. The summed E-state index contributed by atoms with van der Waals surface area (Å²) in [5.74, 6) is -1.62. The van der Waals surface area contributed by atoms with Gasteiger partial charge in [0.2, 0.25) is 5.91 Å². The van der Waals surface area contributed by atoms with Gasteiger partial charge >= 0.3 is 5.97 Å². The van der Waals surface area contributed by atoms with Crippen molar-refractivity contribution in [3.63, 3.8) is 0 Å². The molecule has 2 unspecified atom stereocenters. The summed E-state index contributed by atoms with van der Waals surface area (Å²) in [6.45, 7) is 1.85. The van der Waals surface area contributed by atoms with Gasteiger partial charge in [-0.1, -0.05) is 30.3 Å². The predicted molar refractivity (Wildman–Crippen MR) is 68.1 cm³/mol. The van der Waals surface area contributed by atoms with Gasteiger partial charge in [0, 0.05) is 12.6 Å². The highest BCUT2D eigenvalue weighted by Gasteiger charge is 2.20. The number of nitrogens with one attached hydrogen (secondary N) is 1. The van der Waals surface area contributed by atoms with E-state index < -0.39 is 17.9 Å². The van der Waals surface area contributed by atoms with Crippen LogP contribution in [-0.2, 0) is 9.59 Å². The Morgan fingerprint density at radius 1 is 1.33 bits per heavy atom. The first-order chi connectivity index (χ1) is 8.54. The van der Waals surface area contributed by atoms with Crippen molar-refractivity contribution in [3.05, 3.63) is 35.9 Å². The van der Waals surface area contributed by atoms with Crippen molar-refractivity contribution in [2.24, 2.45) is 5.73 Å². The fraction of sp³-hybridized carbons (Fsp3) is 0.385. The second-order valence-corrected chi connectivity index (χ2v) is 4.21. The Morgan fingerprint density at radius 2 is 1.94 bits per heavy atom. The minimum absolute atomic E-state index is 0.0994. The second-order valence-electron chi connectivity index (χ2n) is 4.21. The van der Waals surface area contributed by atoms with E-state index in [4.69, 9.17) is 10.8 Å². The Balaban J connectivity index is 2.66. The number of rotatable bonds is 6. The molecule has 1 amide bonds.